The fourth-order valence-electron chi connectivity index (χ4n) is 1.52. The monoisotopic (exact) mass is 170 g/mol. The van der Waals surface area contributed by atoms with Gasteiger partial charge < -0.3 is 4.74 Å². The van der Waals surface area contributed by atoms with Gasteiger partial charge in [0.25, 0.3) is 0 Å². The molecular formula is C9H14O3. The zero-order valence-corrected chi connectivity index (χ0v) is 7.50. The molecule has 0 aromatic rings. The number of hydrogen-bond acceptors (Lipinski definition) is 3. The van der Waals surface area contributed by atoms with Crippen molar-refractivity contribution in [2.24, 2.45) is 11.8 Å². The summed E-state index contributed by atoms with van der Waals surface area (Å²) in [5.74, 6) is 0.398. The predicted octanol–water partition coefficient (Wildman–Crippen LogP) is 1.16. The van der Waals surface area contributed by atoms with E-state index in [2.05, 4.69) is 11.7 Å². The maximum atomic E-state index is 11.2. The van der Waals surface area contributed by atoms with Crippen LogP contribution in [0.1, 0.15) is 26.2 Å². The summed E-state index contributed by atoms with van der Waals surface area (Å²) in [4.78, 5) is 21.9. The van der Waals surface area contributed by atoms with Crippen LogP contribution in [0.5, 0.6) is 0 Å². The van der Waals surface area contributed by atoms with E-state index in [0.717, 1.165) is 12.8 Å². The molecule has 0 N–H and O–H groups in total. The molecule has 1 aliphatic rings. The molecule has 1 rings (SSSR count). The van der Waals surface area contributed by atoms with E-state index in [0.29, 0.717) is 5.92 Å². The summed E-state index contributed by atoms with van der Waals surface area (Å²) >= 11 is 0. The Hall–Kier alpha value is -0.860. The quantitative estimate of drug-likeness (QED) is 0.471. The molecule has 0 atom stereocenters. The van der Waals surface area contributed by atoms with Crippen LogP contribution in [0.4, 0.5) is 0 Å². The van der Waals surface area contributed by atoms with Crippen molar-refractivity contribution in [3.8, 4) is 0 Å². The van der Waals surface area contributed by atoms with Gasteiger partial charge in [-0.05, 0) is 18.8 Å². The Labute approximate surface area is 72.1 Å². The number of rotatable bonds is 3. The Morgan fingerprint density at radius 1 is 1.42 bits per heavy atom. The first-order valence-corrected chi connectivity index (χ1v) is 4.23. The first-order chi connectivity index (χ1) is 5.63. The number of esters is 1. The van der Waals surface area contributed by atoms with Gasteiger partial charge in [-0.3, -0.25) is 9.59 Å². The van der Waals surface area contributed by atoms with Gasteiger partial charge >= 0.3 is 5.97 Å². The predicted molar refractivity (Wildman–Crippen MR) is 43.5 cm³/mol. The van der Waals surface area contributed by atoms with E-state index in [9.17, 15) is 9.59 Å². The van der Waals surface area contributed by atoms with Crippen molar-refractivity contribution in [1.29, 1.82) is 0 Å². The molecule has 0 unspecified atom stereocenters. The van der Waals surface area contributed by atoms with Crippen LogP contribution in [0, 0.1) is 11.8 Å². The van der Waals surface area contributed by atoms with Crippen molar-refractivity contribution in [2.75, 3.05) is 7.11 Å². The summed E-state index contributed by atoms with van der Waals surface area (Å²) in [6, 6.07) is 0. The van der Waals surface area contributed by atoms with Gasteiger partial charge in [0.1, 0.15) is 12.2 Å². The molecule has 0 aromatic heterocycles. The van der Waals surface area contributed by atoms with Crippen LogP contribution in [0.25, 0.3) is 0 Å². The van der Waals surface area contributed by atoms with Gasteiger partial charge in [0, 0.05) is 5.92 Å². The van der Waals surface area contributed by atoms with Crippen LogP contribution in [0.2, 0.25) is 0 Å². The zero-order chi connectivity index (χ0) is 9.14. The second-order valence-corrected chi connectivity index (χ2v) is 3.49. The highest BCUT2D eigenvalue weighted by Gasteiger charge is 2.32. The second kappa shape index (κ2) is 3.70. The fourth-order valence-corrected chi connectivity index (χ4v) is 1.52. The SMILES string of the molecule is COC(=O)CC(=O)[C@H]1C[C@H](C)C1. The Balaban J connectivity index is 2.25. The lowest BCUT2D eigenvalue weighted by atomic mass is 9.73. The second-order valence-electron chi connectivity index (χ2n) is 3.49. The summed E-state index contributed by atoms with van der Waals surface area (Å²) in [5, 5.41) is 0. The lowest BCUT2D eigenvalue weighted by Crippen LogP contribution is -2.30. The van der Waals surface area contributed by atoms with E-state index >= 15 is 0 Å². The lowest BCUT2D eigenvalue weighted by molar-refractivity contribution is -0.145. The minimum absolute atomic E-state index is 0.0416. The number of hydrogen-bond donors (Lipinski definition) is 0. The highest BCUT2D eigenvalue weighted by atomic mass is 16.5. The van der Waals surface area contributed by atoms with Crippen LogP contribution in [-0.2, 0) is 14.3 Å². The third-order valence-corrected chi connectivity index (χ3v) is 2.38. The largest absolute Gasteiger partial charge is 0.469 e. The minimum atomic E-state index is -0.417. The van der Waals surface area contributed by atoms with Gasteiger partial charge in [-0.2, -0.15) is 0 Å². The van der Waals surface area contributed by atoms with Crippen LogP contribution >= 0.6 is 0 Å². The van der Waals surface area contributed by atoms with Crippen molar-refractivity contribution < 1.29 is 14.3 Å². The Bertz CT molecular complexity index is 192. The molecule has 1 saturated carbocycles. The molecule has 0 radical (unpaired) electrons. The standard InChI is InChI=1S/C9H14O3/c1-6-3-7(4-6)8(10)5-9(11)12-2/h6-7H,3-5H2,1-2H3/t6-,7-. The van der Waals surface area contributed by atoms with Crippen molar-refractivity contribution in [1.82, 2.24) is 0 Å². The number of methoxy groups -OCH3 is 1. The van der Waals surface area contributed by atoms with E-state index in [4.69, 9.17) is 0 Å². The molecule has 68 valence electrons. The Kier molecular flexibility index (Phi) is 2.84. The molecule has 1 aliphatic carbocycles. The highest BCUT2D eigenvalue weighted by Crippen LogP contribution is 2.34. The van der Waals surface area contributed by atoms with Gasteiger partial charge in [-0.15, -0.1) is 0 Å². The van der Waals surface area contributed by atoms with E-state index in [-0.39, 0.29) is 18.1 Å². The van der Waals surface area contributed by atoms with Crippen molar-refractivity contribution >= 4 is 11.8 Å². The van der Waals surface area contributed by atoms with Gasteiger partial charge in [0.05, 0.1) is 7.11 Å². The third-order valence-electron chi connectivity index (χ3n) is 2.38. The molecule has 0 spiro atoms. The summed E-state index contributed by atoms with van der Waals surface area (Å²) in [6.45, 7) is 2.11. The zero-order valence-electron chi connectivity index (χ0n) is 7.50. The maximum Gasteiger partial charge on any atom is 0.313 e. The number of Topliss-reactive ketones (excluding diaryl/α,β-unsaturated/α-hetero) is 1. The number of ketones is 1. The maximum absolute atomic E-state index is 11.2. The average molecular weight is 170 g/mol. The molecule has 0 saturated heterocycles. The van der Waals surface area contributed by atoms with E-state index in [1.807, 2.05) is 0 Å². The van der Waals surface area contributed by atoms with Crippen LogP contribution in [0.15, 0.2) is 0 Å². The van der Waals surface area contributed by atoms with E-state index in [1.54, 1.807) is 0 Å². The molecule has 3 heteroatoms. The first-order valence-electron chi connectivity index (χ1n) is 4.23. The van der Waals surface area contributed by atoms with Gasteiger partial charge in [0.15, 0.2) is 0 Å². The summed E-state index contributed by atoms with van der Waals surface area (Å²) in [7, 11) is 1.30. The van der Waals surface area contributed by atoms with Crippen molar-refractivity contribution in [3.05, 3.63) is 0 Å². The lowest BCUT2D eigenvalue weighted by Gasteiger charge is -2.30. The highest BCUT2D eigenvalue weighted by molar-refractivity contribution is 5.97. The first kappa shape index (κ1) is 9.23. The number of carbonyl (C=O) groups is 2. The molecular weight excluding hydrogens is 156 g/mol. The molecule has 0 amide bonds. The number of ether oxygens (including phenoxy) is 1. The molecule has 1 fully saturated rings. The van der Waals surface area contributed by atoms with Crippen LogP contribution in [0.3, 0.4) is 0 Å². The number of carbonyl (C=O) groups excluding carboxylic acids is 2. The van der Waals surface area contributed by atoms with Gasteiger partial charge in [-0.1, -0.05) is 6.92 Å². The fraction of sp³-hybridized carbons (Fsp3) is 0.778. The Morgan fingerprint density at radius 2 is 2.00 bits per heavy atom. The van der Waals surface area contributed by atoms with Crippen molar-refractivity contribution in [3.63, 3.8) is 0 Å². The Morgan fingerprint density at radius 3 is 2.42 bits per heavy atom. The van der Waals surface area contributed by atoms with Gasteiger partial charge in [-0.25, -0.2) is 0 Å². The smallest absolute Gasteiger partial charge is 0.313 e. The van der Waals surface area contributed by atoms with Crippen LogP contribution < -0.4 is 0 Å². The summed E-state index contributed by atoms with van der Waals surface area (Å²) < 4.78 is 4.41. The molecule has 0 aromatic carbocycles. The molecule has 0 heterocycles. The molecule has 0 aliphatic heterocycles. The van der Waals surface area contributed by atoms with Crippen molar-refractivity contribution in [2.45, 2.75) is 26.2 Å². The molecule has 12 heavy (non-hydrogen) atoms. The van der Waals surface area contributed by atoms with Gasteiger partial charge in [0.2, 0.25) is 0 Å². The van der Waals surface area contributed by atoms with Crippen LogP contribution in [-0.4, -0.2) is 18.9 Å². The molecule has 3 nitrogen and oxygen atoms in total. The minimum Gasteiger partial charge on any atom is -0.469 e. The molecule has 0 bridgehead atoms. The average Bonchev–Trinajstić information content (AvgIpc) is 1.98. The normalized spacial score (nSPS) is 27.5. The van der Waals surface area contributed by atoms with E-state index < -0.39 is 5.97 Å². The van der Waals surface area contributed by atoms with E-state index in [1.165, 1.54) is 7.11 Å². The third kappa shape index (κ3) is 2.06. The topological polar surface area (TPSA) is 43.4 Å². The summed E-state index contributed by atoms with van der Waals surface area (Å²) in [5.41, 5.74) is 0. The summed E-state index contributed by atoms with van der Waals surface area (Å²) in [6.07, 6.45) is 1.83.